The predicted octanol–water partition coefficient (Wildman–Crippen LogP) is 3.92. The molecule has 2 saturated heterocycles. The highest BCUT2D eigenvalue weighted by molar-refractivity contribution is 8.25. The van der Waals surface area contributed by atoms with Gasteiger partial charge in [-0.1, -0.05) is 60.4 Å². The van der Waals surface area contributed by atoms with E-state index >= 15 is 0 Å². The van der Waals surface area contributed by atoms with Crippen molar-refractivity contribution in [2.24, 2.45) is 0 Å². The molecule has 0 radical (unpaired) electrons. The molecule has 2 spiro atoms. The molecule has 1 aromatic heterocycles. The highest BCUT2D eigenvalue weighted by Gasteiger charge is 2.78. The number of thiocarbonyl (C=S) groups is 1. The molecule has 0 saturated carbocycles. The number of anilines is 1. The van der Waals surface area contributed by atoms with Gasteiger partial charge < -0.3 is 4.90 Å². The molecular formula is C27H23FN4O2S2. The third-order valence-electron chi connectivity index (χ3n) is 7.68. The third-order valence-corrected chi connectivity index (χ3v) is 9.62. The summed E-state index contributed by atoms with van der Waals surface area (Å²) in [5, 5.41) is 0. The average Bonchev–Trinajstić information content (AvgIpc) is 3.38. The van der Waals surface area contributed by atoms with Gasteiger partial charge in [0, 0.05) is 43.2 Å². The van der Waals surface area contributed by atoms with Crippen molar-refractivity contribution in [2.75, 3.05) is 25.5 Å². The van der Waals surface area contributed by atoms with Crippen LogP contribution in [0.5, 0.6) is 0 Å². The Balaban J connectivity index is 1.60. The van der Waals surface area contributed by atoms with Crippen LogP contribution in [0.25, 0.3) is 0 Å². The Kier molecular flexibility index (Phi) is 5.30. The van der Waals surface area contributed by atoms with Crippen LogP contribution in [0, 0.1) is 5.82 Å². The minimum Gasteiger partial charge on any atom is -0.313 e. The zero-order valence-corrected chi connectivity index (χ0v) is 21.4. The maximum Gasteiger partial charge on any atom is 0.254 e. The van der Waals surface area contributed by atoms with Gasteiger partial charge in [0.25, 0.3) is 5.91 Å². The van der Waals surface area contributed by atoms with Crippen LogP contribution in [0.3, 0.4) is 0 Å². The molecule has 0 N–H and O–H groups in total. The molecule has 0 unspecified atom stereocenters. The van der Waals surface area contributed by atoms with Crippen molar-refractivity contribution in [1.82, 2.24) is 14.8 Å². The Morgan fingerprint density at radius 1 is 1.08 bits per heavy atom. The van der Waals surface area contributed by atoms with Crippen molar-refractivity contribution in [3.63, 3.8) is 0 Å². The van der Waals surface area contributed by atoms with E-state index in [1.54, 1.807) is 30.4 Å². The first-order valence-corrected chi connectivity index (χ1v) is 12.8. The molecule has 182 valence electrons. The Hall–Kier alpha value is -3.14. The highest BCUT2D eigenvalue weighted by atomic mass is 32.2. The summed E-state index contributed by atoms with van der Waals surface area (Å²) in [6.07, 6.45) is 3.42. The average molecular weight is 519 g/mol. The van der Waals surface area contributed by atoms with Crippen molar-refractivity contribution >= 4 is 45.8 Å². The Bertz CT molecular complexity index is 1410. The number of amides is 2. The van der Waals surface area contributed by atoms with Crippen molar-refractivity contribution in [1.29, 1.82) is 0 Å². The molecule has 4 heterocycles. The van der Waals surface area contributed by atoms with Gasteiger partial charge in [-0.05, 0) is 42.4 Å². The summed E-state index contributed by atoms with van der Waals surface area (Å²) in [5.74, 6) is -1.36. The number of aromatic nitrogens is 1. The molecule has 3 aliphatic heterocycles. The number of fused-ring (bicyclic) bond motifs is 3. The fourth-order valence-electron chi connectivity index (χ4n) is 6.15. The van der Waals surface area contributed by atoms with Crippen LogP contribution in [-0.2, 0) is 21.7 Å². The largest absolute Gasteiger partial charge is 0.313 e. The van der Waals surface area contributed by atoms with Crippen molar-refractivity contribution in [3.05, 3.63) is 95.6 Å². The lowest BCUT2D eigenvalue weighted by Crippen LogP contribution is -2.62. The lowest BCUT2D eigenvalue weighted by atomic mass is 9.72. The van der Waals surface area contributed by atoms with E-state index < -0.39 is 22.0 Å². The topological polar surface area (TPSA) is 56.8 Å². The highest BCUT2D eigenvalue weighted by Crippen LogP contribution is 2.66. The van der Waals surface area contributed by atoms with Gasteiger partial charge in [-0.25, -0.2) is 4.39 Å². The van der Waals surface area contributed by atoms with E-state index in [4.69, 9.17) is 12.2 Å². The molecule has 9 heteroatoms. The molecule has 0 bridgehead atoms. The Morgan fingerprint density at radius 2 is 1.86 bits per heavy atom. The standard InChI is InChI=1S/C27H23FN4O2S2/c1-30-16-21(18-9-6-12-29-14-18)27(24(34)32(25(35)36-27)15-17-7-4-3-5-8-17)26(30)20-13-19(28)10-11-22(20)31(2)23(26)33/h3-14,21H,15-16H2,1-2H3/t21-,26-,27+/m0/s1. The zero-order valence-electron chi connectivity index (χ0n) is 19.7. The number of pyridine rings is 1. The maximum atomic E-state index is 14.7. The number of likely N-dealkylation sites (N-methyl/N-ethyl adjacent to an activating group) is 2. The molecular weight excluding hydrogens is 495 g/mol. The normalized spacial score (nSPS) is 27.6. The van der Waals surface area contributed by atoms with Crippen LogP contribution in [0.1, 0.15) is 22.6 Å². The van der Waals surface area contributed by atoms with Gasteiger partial charge in [-0.15, -0.1) is 0 Å². The van der Waals surface area contributed by atoms with E-state index in [-0.39, 0.29) is 11.8 Å². The first-order chi connectivity index (χ1) is 17.3. The molecule has 3 aromatic rings. The van der Waals surface area contributed by atoms with Gasteiger partial charge in [0.2, 0.25) is 5.91 Å². The molecule has 2 fully saturated rings. The number of likely N-dealkylation sites (tertiary alicyclic amines) is 1. The Morgan fingerprint density at radius 3 is 2.58 bits per heavy atom. The number of hydrogen-bond donors (Lipinski definition) is 0. The summed E-state index contributed by atoms with van der Waals surface area (Å²) in [7, 11) is 3.51. The molecule has 3 atom stereocenters. The van der Waals surface area contributed by atoms with Crippen LogP contribution in [0.15, 0.2) is 73.1 Å². The molecule has 6 rings (SSSR count). The van der Waals surface area contributed by atoms with E-state index in [1.807, 2.05) is 54.4 Å². The van der Waals surface area contributed by atoms with E-state index in [9.17, 15) is 14.0 Å². The number of benzene rings is 2. The zero-order chi connectivity index (χ0) is 25.2. The summed E-state index contributed by atoms with van der Waals surface area (Å²) < 4.78 is 13.8. The van der Waals surface area contributed by atoms with Crippen LogP contribution in [0.2, 0.25) is 0 Å². The van der Waals surface area contributed by atoms with E-state index in [0.717, 1.165) is 11.1 Å². The summed E-state index contributed by atoms with van der Waals surface area (Å²) in [4.78, 5) is 38.3. The number of nitrogens with zero attached hydrogens (tertiary/aromatic N) is 4. The molecule has 0 aliphatic carbocycles. The fraction of sp³-hybridized carbons (Fsp3) is 0.259. The monoisotopic (exact) mass is 518 g/mol. The van der Waals surface area contributed by atoms with E-state index in [2.05, 4.69) is 4.98 Å². The maximum absolute atomic E-state index is 14.7. The van der Waals surface area contributed by atoms with Crippen molar-refractivity contribution in [3.8, 4) is 0 Å². The lowest BCUT2D eigenvalue weighted by Gasteiger charge is -2.42. The molecule has 3 aliphatic rings. The van der Waals surface area contributed by atoms with Crippen LogP contribution in [-0.4, -0.2) is 56.3 Å². The Labute approximate surface area is 218 Å². The summed E-state index contributed by atoms with van der Waals surface area (Å²) in [6, 6.07) is 17.8. The first-order valence-electron chi connectivity index (χ1n) is 11.6. The van der Waals surface area contributed by atoms with Crippen LogP contribution < -0.4 is 4.90 Å². The number of carbonyl (C=O) groups excluding carboxylic acids is 2. The van der Waals surface area contributed by atoms with Gasteiger partial charge in [0.05, 0.1) is 6.54 Å². The molecule has 36 heavy (non-hydrogen) atoms. The van der Waals surface area contributed by atoms with Crippen LogP contribution in [0.4, 0.5) is 10.1 Å². The number of carbonyl (C=O) groups is 2. The summed E-state index contributed by atoms with van der Waals surface area (Å²) >= 11 is 7.07. The number of hydrogen-bond acceptors (Lipinski definition) is 6. The second-order valence-electron chi connectivity index (χ2n) is 9.44. The molecule has 2 amide bonds. The number of halogens is 1. The smallest absolute Gasteiger partial charge is 0.254 e. The predicted molar refractivity (Wildman–Crippen MR) is 141 cm³/mol. The van der Waals surface area contributed by atoms with Gasteiger partial charge in [-0.2, -0.15) is 0 Å². The summed E-state index contributed by atoms with van der Waals surface area (Å²) in [5.41, 5.74) is 1.43. The van der Waals surface area contributed by atoms with Gasteiger partial charge in [-0.3, -0.25) is 24.4 Å². The molecule has 2 aromatic carbocycles. The lowest BCUT2D eigenvalue weighted by molar-refractivity contribution is -0.139. The first kappa shape index (κ1) is 23.3. The van der Waals surface area contributed by atoms with E-state index in [0.29, 0.717) is 28.7 Å². The van der Waals surface area contributed by atoms with Crippen molar-refractivity contribution in [2.45, 2.75) is 22.7 Å². The van der Waals surface area contributed by atoms with Gasteiger partial charge in [0.15, 0.2) is 5.54 Å². The minimum absolute atomic E-state index is 0.238. The number of thioether (sulfide) groups is 1. The fourth-order valence-corrected chi connectivity index (χ4v) is 8.28. The minimum atomic E-state index is -1.43. The second-order valence-corrected chi connectivity index (χ2v) is 11.3. The SMILES string of the molecule is CN1C(=O)[C@]2(c3cc(F)ccc31)N(C)C[C@@H](c1cccnc1)[C@]21SC(=S)N(Cc2ccccc2)C1=O. The third kappa shape index (κ3) is 2.87. The number of rotatable bonds is 3. The van der Waals surface area contributed by atoms with Crippen LogP contribution >= 0.6 is 24.0 Å². The second kappa shape index (κ2) is 8.19. The van der Waals surface area contributed by atoms with Crippen molar-refractivity contribution < 1.29 is 14.0 Å². The molecule has 6 nitrogen and oxygen atoms in total. The van der Waals surface area contributed by atoms with Gasteiger partial charge in [0.1, 0.15) is 14.9 Å². The van der Waals surface area contributed by atoms with E-state index in [1.165, 1.54) is 28.8 Å². The quantitative estimate of drug-likeness (QED) is 0.490. The summed E-state index contributed by atoms with van der Waals surface area (Å²) in [6.45, 7) is 0.703. The van der Waals surface area contributed by atoms with Gasteiger partial charge >= 0.3 is 0 Å².